The number of fused-ring (bicyclic) bond motifs is 6. The number of nitrogens with one attached hydrogen (secondary N) is 3. The molecule has 3 aliphatic rings. The number of methoxy groups -OCH3 is 1. The van der Waals surface area contributed by atoms with Gasteiger partial charge in [0.1, 0.15) is 23.9 Å². The van der Waals surface area contributed by atoms with Crippen LogP contribution < -0.4 is 16.1 Å². The minimum absolute atomic E-state index is 0.0146. The van der Waals surface area contributed by atoms with Gasteiger partial charge in [0.25, 0.3) is 5.91 Å². The van der Waals surface area contributed by atoms with Crippen molar-refractivity contribution in [1.82, 2.24) is 35.5 Å². The number of phenolic OH excluding ortho intramolecular Hbond substituents is 1. The maximum absolute atomic E-state index is 14.6. The Bertz CT molecular complexity index is 2320. The number of nitrogens with zero attached hydrogens (tertiary/aromatic N) is 4. The number of aromatic nitrogens is 2. The Balaban J connectivity index is 1.35. The lowest BCUT2D eigenvalue weighted by atomic mass is 9.84. The number of amides is 3. The number of benzene rings is 2. The average molecular weight is 850 g/mol. The number of rotatable bonds is 9. The minimum Gasteiger partial charge on any atom is -0.508 e. The van der Waals surface area contributed by atoms with Crippen molar-refractivity contribution in [2.75, 3.05) is 40.4 Å². The molecule has 0 saturated carbocycles. The van der Waals surface area contributed by atoms with E-state index < -0.39 is 41.3 Å². The summed E-state index contributed by atoms with van der Waals surface area (Å²) in [5, 5.41) is 20.0. The van der Waals surface area contributed by atoms with E-state index in [9.17, 15) is 24.3 Å². The number of pyridine rings is 1. The molecule has 2 aromatic carbocycles. The second kappa shape index (κ2) is 18.6. The molecule has 4 N–H and O–H groups in total. The molecule has 0 aliphatic carbocycles. The largest absolute Gasteiger partial charge is 0.508 e. The molecule has 5 heterocycles. The highest BCUT2D eigenvalue weighted by atomic mass is 16.5. The maximum atomic E-state index is 14.6. The van der Waals surface area contributed by atoms with Gasteiger partial charge in [0.05, 0.1) is 24.3 Å². The van der Waals surface area contributed by atoms with Gasteiger partial charge in [0, 0.05) is 74.5 Å². The van der Waals surface area contributed by atoms with E-state index in [2.05, 4.69) is 58.5 Å². The lowest BCUT2D eigenvalue weighted by Crippen LogP contribution is -2.62. The average Bonchev–Trinajstić information content (AvgIpc) is 3.90. The number of likely N-dealkylation sites (N-methyl/N-ethyl adjacent to an activating group) is 1. The number of cyclic esters (lactones) is 1. The Labute approximate surface area is 364 Å². The van der Waals surface area contributed by atoms with Crippen LogP contribution in [0.4, 0.5) is 0 Å². The molecule has 3 amide bonds. The highest BCUT2D eigenvalue weighted by molar-refractivity contribution is 5.96. The molecule has 6 bridgehead atoms. The summed E-state index contributed by atoms with van der Waals surface area (Å²) in [6, 6.07) is 10.8. The number of esters is 1. The Kier molecular flexibility index (Phi) is 13.4. The van der Waals surface area contributed by atoms with Crippen LogP contribution in [0.15, 0.2) is 54.9 Å². The quantitative estimate of drug-likeness (QED) is 0.157. The number of hydrazine groups is 1. The first-order chi connectivity index (χ1) is 29.6. The number of hydrogen-bond acceptors (Lipinski definition) is 10. The molecule has 7 rings (SSSR count). The monoisotopic (exact) mass is 849 g/mol. The first kappa shape index (κ1) is 44.7. The Morgan fingerprint density at radius 3 is 2.60 bits per heavy atom. The van der Waals surface area contributed by atoms with Crippen molar-refractivity contribution in [2.24, 2.45) is 17.3 Å². The third-order valence-electron chi connectivity index (χ3n) is 12.8. The summed E-state index contributed by atoms with van der Waals surface area (Å²) in [6.45, 7) is 14.5. The standard InChI is InChI=1S/C48H63N7O7/c1-9-54-41-13-12-31-23-36(41)37(43(54)38-26-50-17-15-35(38)29(4)61-8)24-48(5,6)27-62-47(60)39-11-10-18-55(52-39)46(59)40(21-30-19-33(31)22-34(56)20-30)51-44(57)42(28(2)3)53(7)45(58)32-14-16-49-25-32/h12-13,15,17,19-20,22-23,26,28-29,32,39-40,42,49,52,56H,9-11,14,16,18,21,24-25,27H2,1-8H3,(H,51,57)/t29-,32-,39-,40-,42-/m0/s1. The van der Waals surface area contributed by atoms with Crippen LogP contribution in [0, 0.1) is 17.3 Å². The van der Waals surface area contributed by atoms with Gasteiger partial charge in [-0.1, -0.05) is 39.8 Å². The van der Waals surface area contributed by atoms with Crippen LogP contribution in [0.25, 0.3) is 33.3 Å². The van der Waals surface area contributed by atoms with E-state index in [1.54, 1.807) is 32.5 Å². The number of aromatic hydroxyl groups is 1. The number of ether oxygens (including phenoxy) is 2. The Morgan fingerprint density at radius 1 is 1.10 bits per heavy atom. The second-order valence-corrected chi connectivity index (χ2v) is 18.4. The van der Waals surface area contributed by atoms with Gasteiger partial charge in [0.15, 0.2) is 0 Å². The van der Waals surface area contributed by atoms with Crippen molar-refractivity contribution >= 4 is 34.6 Å². The second-order valence-electron chi connectivity index (χ2n) is 18.4. The zero-order valence-electron chi connectivity index (χ0n) is 37.4. The Hall–Kier alpha value is -5.31. The number of hydrogen-bond donors (Lipinski definition) is 4. The molecule has 5 atom stereocenters. The minimum atomic E-state index is -1.10. The van der Waals surface area contributed by atoms with E-state index in [4.69, 9.17) is 9.47 Å². The molecule has 2 saturated heterocycles. The van der Waals surface area contributed by atoms with Gasteiger partial charge in [0.2, 0.25) is 11.8 Å². The van der Waals surface area contributed by atoms with Crippen LogP contribution in [0.2, 0.25) is 0 Å². The molecule has 4 aromatic rings. The van der Waals surface area contributed by atoms with Gasteiger partial charge in [-0.3, -0.25) is 29.2 Å². The van der Waals surface area contributed by atoms with Crippen LogP contribution in [0.5, 0.6) is 5.75 Å². The molecule has 62 heavy (non-hydrogen) atoms. The molecule has 2 aromatic heterocycles. The molecule has 2 fully saturated rings. The smallest absolute Gasteiger partial charge is 0.324 e. The van der Waals surface area contributed by atoms with Crippen LogP contribution >= 0.6 is 0 Å². The summed E-state index contributed by atoms with van der Waals surface area (Å²) in [6.07, 6.45) is 5.76. The number of carbonyl (C=O) groups excluding carboxylic acids is 4. The fourth-order valence-corrected chi connectivity index (χ4v) is 9.57. The van der Waals surface area contributed by atoms with E-state index in [1.165, 1.54) is 9.91 Å². The van der Waals surface area contributed by atoms with Crippen molar-refractivity contribution in [2.45, 2.75) is 104 Å². The van der Waals surface area contributed by atoms with Gasteiger partial charge in [-0.2, -0.15) is 0 Å². The fourth-order valence-electron chi connectivity index (χ4n) is 9.57. The van der Waals surface area contributed by atoms with Crippen molar-refractivity contribution in [3.63, 3.8) is 0 Å². The highest BCUT2D eigenvalue weighted by Crippen LogP contribution is 2.42. The van der Waals surface area contributed by atoms with Gasteiger partial charge < -0.3 is 34.7 Å². The fraction of sp³-hybridized carbons (Fsp3) is 0.521. The Morgan fingerprint density at radius 2 is 1.89 bits per heavy atom. The van der Waals surface area contributed by atoms with E-state index in [0.29, 0.717) is 50.9 Å². The van der Waals surface area contributed by atoms with Crippen LogP contribution in [-0.2, 0) is 48.0 Å². The SMILES string of the molecule is CCn1c(-c2cnccc2[C@H](C)OC)c2c3cc(ccc31)-c1cc(O)cc(c1)C[C@H](NC(=O)[C@H](C(C)C)N(C)C(=O)[C@H]1CCNC1)C(=O)N1CCC[C@H](N1)C(=O)OCC(C)(C)C2. The maximum Gasteiger partial charge on any atom is 0.324 e. The first-order valence-corrected chi connectivity index (χ1v) is 22.1. The molecule has 14 heteroatoms. The van der Waals surface area contributed by atoms with Gasteiger partial charge in [-0.15, -0.1) is 0 Å². The zero-order chi connectivity index (χ0) is 44.5. The lowest BCUT2D eigenvalue weighted by molar-refractivity contribution is -0.155. The predicted molar refractivity (Wildman–Crippen MR) is 238 cm³/mol. The summed E-state index contributed by atoms with van der Waals surface area (Å²) in [7, 11) is 3.35. The number of phenols is 1. The van der Waals surface area contributed by atoms with E-state index in [1.807, 2.05) is 45.2 Å². The molecule has 0 radical (unpaired) electrons. The van der Waals surface area contributed by atoms with Gasteiger partial charge in [-0.05, 0) is 110 Å². The van der Waals surface area contributed by atoms with Crippen molar-refractivity contribution < 1.29 is 33.8 Å². The molecular weight excluding hydrogens is 787 g/mol. The third kappa shape index (κ3) is 9.23. The lowest BCUT2D eigenvalue weighted by Gasteiger charge is -2.37. The van der Waals surface area contributed by atoms with Crippen LogP contribution in [-0.4, -0.2) is 107 Å². The summed E-state index contributed by atoms with van der Waals surface area (Å²) < 4.78 is 14.2. The molecule has 0 spiro atoms. The van der Waals surface area contributed by atoms with E-state index in [-0.39, 0.29) is 42.6 Å². The summed E-state index contributed by atoms with van der Waals surface area (Å²) in [4.78, 5) is 62.5. The normalized spacial score (nSPS) is 21.6. The number of aryl methyl sites for hydroxylation is 1. The van der Waals surface area contributed by atoms with Gasteiger partial charge in [-0.25, -0.2) is 5.43 Å². The molecule has 3 aliphatic heterocycles. The van der Waals surface area contributed by atoms with Gasteiger partial charge >= 0.3 is 5.97 Å². The highest BCUT2D eigenvalue weighted by Gasteiger charge is 2.39. The molecule has 332 valence electrons. The van der Waals surface area contributed by atoms with Crippen LogP contribution in [0.1, 0.15) is 83.6 Å². The van der Waals surface area contributed by atoms with E-state index in [0.717, 1.165) is 51.0 Å². The number of carbonyl (C=O) groups is 4. The molecular formula is C48H63N7O7. The summed E-state index contributed by atoms with van der Waals surface area (Å²) in [5.41, 5.74) is 9.91. The zero-order valence-corrected chi connectivity index (χ0v) is 37.4. The van der Waals surface area contributed by atoms with Crippen molar-refractivity contribution in [1.29, 1.82) is 0 Å². The summed E-state index contributed by atoms with van der Waals surface area (Å²) in [5.74, 6) is -1.94. The first-order valence-electron chi connectivity index (χ1n) is 22.1. The molecule has 0 unspecified atom stereocenters. The van der Waals surface area contributed by atoms with Crippen molar-refractivity contribution in [3.8, 4) is 28.1 Å². The van der Waals surface area contributed by atoms with E-state index >= 15 is 0 Å². The topological polar surface area (TPSA) is 167 Å². The van der Waals surface area contributed by atoms with Crippen LogP contribution in [0.3, 0.4) is 0 Å². The predicted octanol–water partition coefficient (Wildman–Crippen LogP) is 5.54. The summed E-state index contributed by atoms with van der Waals surface area (Å²) >= 11 is 0. The third-order valence-corrected chi connectivity index (χ3v) is 12.8. The van der Waals surface area contributed by atoms with Crippen molar-refractivity contribution in [3.05, 3.63) is 71.5 Å². The molecule has 14 nitrogen and oxygen atoms in total.